The molecule has 0 saturated carbocycles. The van der Waals surface area contributed by atoms with Gasteiger partial charge in [0.05, 0.1) is 23.5 Å². The van der Waals surface area contributed by atoms with Gasteiger partial charge in [0.25, 0.3) is 17.7 Å². The number of amides is 3. The summed E-state index contributed by atoms with van der Waals surface area (Å²) in [6, 6.07) is 11.6. The van der Waals surface area contributed by atoms with Gasteiger partial charge < -0.3 is 25.4 Å². The minimum atomic E-state index is -0.581. The molecule has 1 aliphatic carbocycles. The van der Waals surface area contributed by atoms with Crippen LogP contribution >= 0.6 is 0 Å². The van der Waals surface area contributed by atoms with Gasteiger partial charge in [0.15, 0.2) is 11.8 Å². The average molecular weight is 595 g/mol. The van der Waals surface area contributed by atoms with Gasteiger partial charge in [-0.05, 0) is 67.1 Å². The molecule has 0 fully saturated rings. The molecule has 0 saturated heterocycles. The monoisotopic (exact) mass is 594 g/mol. The summed E-state index contributed by atoms with van der Waals surface area (Å²) in [6.07, 6.45) is 3.78. The number of carbonyl (C=O) groups is 4. The first-order valence-corrected chi connectivity index (χ1v) is 14.2. The molecule has 3 heterocycles. The SMILES string of the molecule is C=CCOC(=O)c1ccc2c(c1C)CC[C@@H]2NC(=O)c1cc(C(=O)NCc2ccc3c(c2)NC(=O)C(C)O3)nc2ccnn12. The van der Waals surface area contributed by atoms with Gasteiger partial charge in [-0.25, -0.2) is 14.3 Å². The number of anilines is 1. The van der Waals surface area contributed by atoms with Gasteiger partial charge in [0, 0.05) is 18.7 Å². The average Bonchev–Trinajstić information content (AvgIpc) is 3.66. The number of hydrogen-bond acceptors (Lipinski definition) is 8. The second-order valence-electron chi connectivity index (χ2n) is 10.6. The minimum absolute atomic E-state index is 0.0527. The summed E-state index contributed by atoms with van der Waals surface area (Å²) >= 11 is 0. The van der Waals surface area contributed by atoms with Crippen LogP contribution in [0.25, 0.3) is 5.65 Å². The molecule has 2 aromatic heterocycles. The Morgan fingerprint density at radius 1 is 1.18 bits per heavy atom. The van der Waals surface area contributed by atoms with E-state index in [4.69, 9.17) is 9.47 Å². The fourth-order valence-electron chi connectivity index (χ4n) is 5.53. The van der Waals surface area contributed by atoms with Crippen LogP contribution in [0.15, 0.2) is 61.3 Å². The van der Waals surface area contributed by atoms with Crippen molar-refractivity contribution in [3.05, 3.63) is 101 Å². The first-order chi connectivity index (χ1) is 21.2. The molecule has 3 amide bonds. The van der Waals surface area contributed by atoms with Crippen LogP contribution in [0.2, 0.25) is 0 Å². The number of carbonyl (C=O) groups excluding carboxylic acids is 4. The fourth-order valence-corrected chi connectivity index (χ4v) is 5.53. The maximum atomic E-state index is 13.6. The Balaban J connectivity index is 1.18. The summed E-state index contributed by atoms with van der Waals surface area (Å²) in [5, 5.41) is 12.9. The summed E-state index contributed by atoms with van der Waals surface area (Å²) in [6.45, 7) is 7.41. The van der Waals surface area contributed by atoms with Crippen molar-refractivity contribution in [2.45, 2.75) is 45.4 Å². The van der Waals surface area contributed by atoms with Crippen LogP contribution in [-0.2, 0) is 22.5 Å². The Morgan fingerprint density at radius 2 is 2.02 bits per heavy atom. The van der Waals surface area contributed by atoms with Crippen LogP contribution < -0.4 is 20.7 Å². The van der Waals surface area contributed by atoms with E-state index in [9.17, 15) is 19.2 Å². The van der Waals surface area contributed by atoms with Crippen molar-refractivity contribution < 1.29 is 28.7 Å². The van der Waals surface area contributed by atoms with Gasteiger partial charge in [-0.3, -0.25) is 14.4 Å². The Bertz CT molecular complexity index is 1850. The number of fused-ring (bicyclic) bond motifs is 3. The molecule has 44 heavy (non-hydrogen) atoms. The lowest BCUT2D eigenvalue weighted by atomic mass is 9.98. The molecular formula is C32H30N6O6. The van der Waals surface area contributed by atoms with E-state index in [-0.39, 0.29) is 36.5 Å². The van der Waals surface area contributed by atoms with Crippen LogP contribution in [0.5, 0.6) is 5.75 Å². The van der Waals surface area contributed by atoms with E-state index in [2.05, 4.69) is 32.6 Å². The van der Waals surface area contributed by atoms with Crippen LogP contribution in [0, 0.1) is 6.92 Å². The molecule has 4 aromatic rings. The molecule has 1 aliphatic heterocycles. The lowest BCUT2D eigenvalue weighted by molar-refractivity contribution is -0.122. The predicted molar refractivity (Wildman–Crippen MR) is 160 cm³/mol. The molecular weight excluding hydrogens is 564 g/mol. The van der Waals surface area contributed by atoms with E-state index in [1.165, 1.54) is 22.9 Å². The molecule has 2 atom stereocenters. The number of ether oxygens (including phenoxy) is 2. The van der Waals surface area contributed by atoms with Crippen molar-refractivity contribution in [3.63, 3.8) is 0 Å². The van der Waals surface area contributed by atoms with Crippen molar-refractivity contribution >= 4 is 35.0 Å². The van der Waals surface area contributed by atoms with Crippen molar-refractivity contribution in [1.82, 2.24) is 25.2 Å². The Hall–Kier alpha value is -5.52. The molecule has 224 valence electrons. The Morgan fingerprint density at radius 3 is 2.84 bits per heavy atom. The van der Waals surface area contributed by atoms with Crippen molar-refractivity contribution in [2.75, 3.05) is 11.9 Å². The summed E-state index contributed by atoms with van der Waals surface area (Å²) in [7, 11) is 0. The standard InChI is InChI=1S/C32H30N6O6/c1-4-13-43-32(42)21-6-7-22-20(17(21)2)8-9-23(22)36-31(41)26-15-25(35-28-11-12-34-38(26)28)30(40)33-16-19-5-10-27-24(14-19)37-29(39)18(3)44-27/h4-7,10-12,14-15,18,23H,1,8-9,13,16H2,2-3H3,(H,33,40)(H,36,41)(H,37,39)/t18?,23-/m0/s1. The van der Waals surface area contributed by atoms with Crippen molar-refractivity contribution in [3.8, 4) is 5.75 Å². The highest BCUT2D eigenvalue weighted by Crippen LogP contribution is 2.35. The number of benzene rings is 2. The maximum absolute atomic E-state index is 13.6. The zero-order valence-electron chi connectivity index (χ0n) is 24.2. The molecule has 2 aliphatic rings. The zero-order valence-corrected chi connectivity index (χ0v) is 24.2. The van der Waals surface area contributed by atoms with Gasteiger partial charge in [-0.1, -0.05) is 24.8 Å². The maximum Gasteiger partial charge on any atom is 0.338 e. The summed E-state index contributed by atoms with van der Waals surface area (Å²) in [4.78, 5) is 55.6. The Kier molecular flexibility index (Phi) is 7.56. The summed E-state index contributed by atoms with van der Waals surface area (Å²) in [5.41, 5.74) is 5.08. The first-order valence-electron chi connectivity index (χ1n) is 14.2. The van der Waals surface area contributed by atoms with E-state index in [0.29, 0.717) is 35.5 Å². The first kappa shape index (κ1) is 28.6. The van der Waals surface area contributed by atoms with Gasteiger partial charge in [0.1, 0.15) is 23.7 Å². The summed E-state index contributed by atoms with van der Waals surface area (Å²) in [5.74, 6) is -0.995. The third kappa shape index (κ3) is 5.37. The zero-order chi connectivity index (χ0) is 31.0. The van der Waals surface area contributed by atoms with Crippen molar-refractivity contribution in [2.24, 2.45) is 0 Å². The molecule has 2 aromatic carbocycles. The Labute approximate surface area is 252 Å². The van der Waals surface area contributed by atoms with Crippen LogP contribution in [0.4, 0.5) is 5.69 Å². The normalized spacial score (nSPS) is 16.7. The quantitative estimate of drug-likeness (QED) is 0.207. The third-order valence-electron chi connectivity index (χ3n) is 7.80. The highest BCUT2D eigenvalue weighted by Gasteiger charge is 2.29. The highest BCUT2D eigenvalue weighted by molar-refractivity contribution is 5.99. The summed E-state index contributed by atoms with van der Waals surface area (Å²) < 4.78 is 12.2. The lowest BCUT2D eigenvalue weighted by Crippen LogP contribution is -2.34. The van der Waals surface area contributed by atoms with Crippen molar-refractivity contribution in [1.29, 1.82) is 0 Å². The van der Waals surface area contributed by atoms with Gasteiger partial charge in [-0.2, -0.15) is 5.10 Å². The highest BCUT2D eigenvalue weighted by atomic mass is 16.5. The minimum Gasteiger partial charge on any atom is -0.479 e. The van der Waals surface area contributed by atoms with Crippen LogP contribution in [-0.4, -0.2) is 51.0 Å². The van der Waals surface area contributed by atoms with Gasteiger partial charge >= 0.3 is 5.97 Å². The number of aromatic nitrogens is 3. The molecule has 12 nitrogen and oxygen atoms in total. The van der Waals surface area contributed by atoms with E-state index in [1.807, 2.05) is 13.0 Å². The van der Waals surface area contributed by atoms with Gasteiger partial charge in [-0.15, -0.1) is 0 Å². The molecule has 1 unspecified atom stereocenters. The largest absolute Gasteiger partial charge is 0.479 e. The third-order valence-corrected chi connectivity index (χ3v) is 7.80. The number of nitrogens with one attached hydrogen (secondary N) is 3. The van der Waals surface area contributed by atoms with Crippen LogP contribution in [0.1, 0.15) is 73.0 Å². The topological polar surface area (TPSA) is 153 Å². The molecule has 6 rings (SSSR count). The number of hydrogen-bond donors (Lipinski definition) is 3. The second kappa shape index (κ2) is 11.6. The molecule has 0 spiro atoms. The van der Waals surface area contributed by atoms with E-state index in [1.54, 1.807) is 37.3 Å². The van der Waals surface area contributed by atoms with Gasteiger partial charge in [0.2, 0.25) is 0 Å². The van der Waals surface area contributed by atoms with E-state index < -0.39 is 23.9 Å². The van der Waals surface area contributed by atoms with E-state index in [0.717, 1.165) is 22.3 Å². The second-order valence-corrected chi connectivity index (χ2v) is 10.6. The number of rotatable bonds is 8. The molecule has 12 heteroatoms. The number of nitrogens with zero attached hydrogens (tertiary/aromatic N) is 3. The van der Waals surface area contributed by atoms with Crippen LogP contribution in [0.3, 0.4) is 0 Å². The molecule has 0 bridgehead atoms. The molecule has 0 radical (unpaired) electrons. The predicted octanol–water partition coefficient (Wildman–Crippen LogP) is 3.45. The lowest BCUT2D eigenvalue weighted by Gasteiger charge is -2.23. The fraction of sp³-hybridized carbons (Fsp3) is 0.250. The molecule has 3 N–H and O–H groups in total. The van der Waals surface area contributed by atoms with E-state index >= 15 is 0 Å². The number of esters is 1. The smallest absolute Gasteiger partial charge is 0.338 e.